The molecule has 4 aliphatic rings. The van der Waals surface area contributed by atoms with Crippen molar-refractivity contribution in [3.8, 4) is 11.5 Å². The number of halogens is 4. The molecule has 15 heteroatoms. The van der Waals surface area contributed by atoms with E-state index in [2.05, 4.69) is 40.2 Å². The van der Waals surface area contributed by atoms with Crippen LogP contribution in [0.15, 0.2) is 24.3 Å². The third-order valence-electron chi connectivity index (χ3n) is 10.9. The van der Waals surface area contributed by atoms with Crippen LogP contribution >= 0.6 is 46.4 Å². The second kappa shape index (κ2) is 18.9. The first-order chi connectivity index (χ1) is 27.7. The molecule has 308 valence electrons. The number of aryl methyl sites for hydroxylation is 2. The molecule has 4 aliphatic heterocycles. The van der Waals surface area contributed by atoms with E-state index in [1.165, 1.54) is 0 Å². The van der Waals surface area contributed by atoms with Gasteiger partial charge in [0.25, 0.3) is 0 Å². The molecule has 0 bridgehead atoms. The zero-order valence-electron chi connectivity index (χ0n) is 32.4. The molecule has 0 aromatic heterocycles. The lowest BCUT2D eigenvalue weighted by Crippen LogP contribution is -2.36. The van der Waals surface area contributed by atoms with Gasteiger partial charge in [0.15, 0.2) is 5.60 Å². The Hall–Kier alpha value is -3.00. The largest absolute Gasteiger partial charge is 0.456 e. The fraction of sp³-hybridized carbons (Fsp3) is 0.524. The molecule has 1 spiro atoms. The molecule has 0 saturated carbocycles. The summed E-state index contributed by atoms with van der Waals surface area (Å²) >= 11 is 27.0. The topological polar surface area (TPSA) is 108 Å². The van der Waals surface area contributed by atoms with Gasteiger partial charge in [-0.2, -0.15) is 0 Å². The van der Waals surface area contributed by atoms with Gasteiger partial charge in [-0.05, 0) is 69.2 Å². The molecule has 0 radical (unpaired) electrons. The molecule has 0 aliphatic carbocycles. The molecule has 1 atom stereocenters. The van der Waals surface area contributed by atoms with Crippen molar-refractivity contribution in [1.29, 1.82) is 0 Å². The van der Waals surface area contributed by atoms with Gasteiger partial charge in [-0.25, -0.2) is 4.79 Å². The van der Waals surface area contributed by atoms with Gasteiger partial charge in [0, 0.05) is 85.9 Å². The van der Waals surface area contributed by atoms with Crippen LogP contribution in [-0.4, -0.2) is 97.5 Å². The minimum atomic E-state index is -1.47. The van der Waals surface area contributed by atoms with Crippen LogP contribution in [0.5, 0.6) is 11.5 Å². The number of fused-ring (bicyclic) bond motifs is 8. The van der Waals surface area contributed by atoms with E-state index in [1.807, 2.05) is 13.0 Å². The number of benzene rings is 3. The molecular formula is C42H49Cl4N3O8. The van der Waals surface area contributed by atoms with Gasteiger partial charge in [-0.3, -0.25) is 4.79 Å². The third kappa shape index (κ3) is 8.55. The number of nitrogens with zero attached hydrogens (tertiary/aromatic N) is 2. The zero-order valence-corrected chi connectivity index (χ0v) is 35.4. The maximum Gasteiger partial charge on any atom is 0.341 e. The van der Waals surface area contributed by atoms with E-state index in [-0.39, 0.29) is 31.6 Å². The molecule has 7 rings (SSSR count). The summed E-state index contributed by atoms with van der Waals surface area (Å²) < 4.78 is 35.1. The molecule has 3 aromatic rings. The fourth-order valence-corrected chi connectivity index (χ4v) is 9.34. The third-order valence-corrected chi connectivity index (χ3v) is 12.7. The van der Waals surface area contributed by atoms with Crippen LogP contribution in [0.2, 0.25) is 20.1 Å². The molecule has 4 heterocycles. The van der Waals surface area contributed by atoms with Crippen LogP contribution in [0.4, 0.5) is 11.4 Å². The summed E-state index contributed by atoms with van der Waals surface area (Å²) in [6.45, 7) is 12.0. The van der Waals surface area contributed by atoms with Gasteiger partial charge in [-0.1, -0.05) is 46.4 Å². The highest BCUT2D eigenvalue weighted by molar-refractivity contribution is 6.53. The van der Waals surface area contributed by atoms with Crippen molar-refractivity contribution in [1.82, 2.24) is 5.32 Å². The molecule has 1 unspecified atom stereocenters. The predicted octanol–water partition coefficient (Wildman–Crippen LogP) is 8.38. The van der Waals surface area contributed by atoms with Gasteiger partial charge >= 0.3 is 5.97 Å². The van der Waals surface area contributed by atoms with E-state index in [4.69, 9.17) is 74.8 Å². The molecule has 1 N–H and O–H groups in total. The lowest BCUT2D eigenvalue weighted by Gasteiger charge is -2.41. The highest BCUT2D eigenvalue weighted by atomic mass is 35.5. The fourth-order valence-electron chi connectivity index (χ4n) is 8.28. The van der Waals surface area contributed by atoms with E-state index in [0.29, 0.717) is 107 Å². The number of amides is 1. The van der Waals surface area contributed by atoms with E-state index in [0.717, 1.165) is 67.8 Å². The van der Waals surface area contributed by atoms with Crippen LogP contribution in [-0.2, 0) is 46.9 Å². The van der Waals surface area contributed by atoms with Crippen molar-refractivity contribution in [2.45, 2.75) is 58.0 Å². The Morgan fingerprint density at radius 3 is 1.93 bits per heavy atom. The van der Waals surface area contributed by atoms with Crippen LogP contribution < -0.4 is 19.9 Å². The Balaban J connectivity index is 1.04. The highest BCUT2D eigenvalue weighted by Gasteiger charge is 2.57. The van der Waals surface area contributed by atoms with E-state index in [9.17, 15) is 9.59 Å². The lowest BCUT2D eigenvalue weighted by molar-refractivity contribution is -0.121. The van der Waals surface area contributed by atoms with E-state index < -0.39 is 11.6 Å². The second-order valence-electron chi connectivity index (χ2n) is 14.4. The predicted molar refractivity (Wildman–Crippen MR) is 223 cm³/mol. The Kier molecular flexibility index (Phi) is 14.0. The Morgan fingerprint density at radius 1 is 0.754 bits per heavy atom. The summed E-state index contributed by atoms with van der Waals surface area (Å²) in [7, 11) is 0. The summed E-state index contributed by atoms with van der Waals surface area (Å²) in [4.78, 5) is 31.3. The quantitative estimate of drug-likeness (QED) is 0.0580. The number of esters is 1. The minimum Gasteiger partial charge on any atom is -0.456 e. The van der Waals surface area contributed by atoms with Crippen molar-refractivity contribution in [3.05, 3.63) is 77.7 Å². The molecule has 0 saturated heterocycles. The number of carbonyl (C=O) groups excluding carboxylic acids is 2. The summed E-state index contributed by atoms with van der Waals surface area (Å²) in [5.74, 6) is 0.449. The summed E-state index contributed by atoms with van der Waals surface area (Å²) in [6.07, 6.45) is 4.63. The first-order valence-electron chi connectivity index (χ1n) is 19.9. The SMILES string of the molecule is CCOCCOCCOCCOCCNC(=O)CCCN1CCCc2cc3c(cc21)Oc1cc2c(cc1C31OC(=O)c3c(Cl)c(Cl)c(Cl)c(Cl)c31)CCCN2CC. The average Bonchev–Trinajstić information content (AvgIpc) is 3.52. The normalized spacial score (nSPS) is 17.8. The Bertz CT molecular complexity index is 1980. The first kappa shape index (κ1) is 42.1. The molecular weight excluding hydrogens is 816 g/mol. The lowest BCUT2D eigenvalue weighted by atomic mass is 9.75. The minimum absolute atomic E-state index is 0.00319. The Morgan fingerprint density at radius 2 is 1.32 bits per heavy atom. The van der Waals surface area contributed by atoms with Crippen LogP contribution in [0.1, 0.15) is 77.7 Å². The van der Waals surface area contributed by atoms with Crippen LogP contribution in [0, 0.1) is 0 Å². The van der Waals surface area contributed by atoms with Gasteiger partial charge in [0.05, 0.1) is 71.9 Å². The number of nitrogens with one attached hydrogen (secondary N) is 1. The van der Waals surface area contributed by atoms with Gasteiger partial charge in [0.2, 0.25) is 5.91 Å². The maximum absolute atomic E-state index is 13.9. The number of hydrogen-bond acceptors (Lipinski definition) is 10. The standard InChI is InChI=1S/C42H49Cl4N3O8/c1-3-48-12-5-8-26-22-28-32(24-30(26)48)56-33-25-31-27(23-29(33)42(28)36-35(41(51)57-42)37(43)39(45)40(46)38(36)44)9-6-13-49(31)14-7-10-34(50)47-11-15-53-18-19-55-21-20-54-17-16-52-4-2/h22-25H,3-21H2,1-2H3,(H,47,50). The van der Waals surface area contributed by atoms with Crippen LogP contribution in [0.3, 0.4) is 0 Å². The summed E-state index contributed by atoms with van der Waals surface area (Å²) in [5.41, 5.74) is 4.64. The van der Waals surface area contributed by atoms with Crippen molar-refractivity contribution in [2.75, 3.05) is 95.4 Å². The monoisotopic (exact) mass is 863 g/mol. The molecule has 3 aromatic carbocycles. The smallest absolute Gasteiger partial charge is 0.341 e. The van der Waals surface area contributed by atoms with Crippen molar-refractivity contribution in [3.63, 3.8) is 0 Å². The summed E-state index contributed by atoms with van der Waals surface area (Å²) in [5, 5.41) is 3.13. The molecule has 1 amide bonds. The van der Waals surface area contributed by atoms with E-state index in [1.54, 1.807) is 0 Å². The highest BCUT2D eigenvalue weighted by Crippen LogP contribution is 2.62. The second-order valence-corrected chi connectivity index (χ2v) is 15.9. The number of anilines is 2. The van der Waals surface area contributed by atoms with Crippen molar-refractivity contribution >= 4 is 69.7 Å². The van der Waals surface area contributed by atoms with Crippen LogP contribution in [0.25, 0.3) is 0 Å². The first-order valence-corrected chi connectivity index (χ1v) is 21.4. The number of hydrogen-bond donors (Lipinski definition) is 1. The molecule has 57 heavy (non-hydrogen) atoms. The number of carbonyl (C=O) groups is 2. The van der Waals surface area contributed by atoms with E-state index >= 15 is 0 Å². The van der Waals surface area contributed by atoms with Gasteiger partial charge in [-0.15, -0.1) is 0 Å². The summed E-state index contributed by atoms with van der Waals surface area (Å²) in [6, 6.07) is 8.24. The Labute approximate surface area is 354 Å². The number of rotatable bonds is 18. The average molecular weight is 866 g/mol. The number of ether oxygens (including phenoxy) is 6. The maximum atomic E-state index is 13.9. The van der Waals surface area contributed by atoms with Gasteiger partial charge < -0.3 is 43.5 Å². The van der Waals surface area contributed by atoms with Crippen molar-refractivity contribution in [2.24, 2.45) is 0 Å². The zero-order chi connectivity index (χ0) is 40.1. The molecule has 0 fully saturated rings. The molecule has 11 nitrogen and oxygen atoms in total. The van der Waals surface area contributed by atoms with Gasteiger partial charge in [0.1, 0.15) is 11.5 Å². The van der Waals surface area contributed by atoms with Crippen molar-refractivity contribution < 1.29 is 38.0 Å².